The predicted molar refractivity (Wildman–Crippen MR) is 68.3 cm³/mol. The smallest absolute Gasteiger partial charge is 0.254 e. The molecular formula is C14H15FN2O2. The van der Waals surface area contributed by atoms with Gasteiger partial charge in [0.05, 0.1) is 11.3 Å². The van der Waals surface area contributed by atoms with Crippen molar-refractivity contribution in [2.24, 2.45) is 0 Å². The Labute approximate surface area is 110 Å². The van der Waals surface area contributed by atoms with E-state index in [9.17, 15) is 9.18 Å². The first-order valence-electron chi connectivity index (χ1n) is 5.95. The molecule has 5 heteroatoms. The molecule has 0 fully saturated rings. The number of carbonyl (C=O) groups is 1. The van der Waals surface area contributed by atoms with E-state index in [1.807, 2.05) is 6.92 Å². The van der Waals surface area contributed by atoms with Gasteiger partial charge in [0.25, 0.3) is 5.91 Å². The quantitative estimate of drug-likeness (QED) is 0.925. The number of hydrogen-bond acceptors (Lipinski definition) is 3. The van der Waals surface area contributed by atoms with E-state index in [2.05, 4.69) is 10.5 Å². The minimum atomic E-state index is -0.526. The fraction of sp³-hybridized carbons (Fsp3) is 0.286. The average Bonchev–Trinajstić information content (AvgIpc) is 2.69. The Kier molecular flexibility index (Phi) is 3.64. The van der Waals surface area contributed by atoms with Crippen molar-refractivity contribution in [3.05, 3.63) is 52.2 Å². The highest BCUT2D eigenvalue weighted by atomic mass is 19.1. The van der Waals surface area contributed by atoms with Gasteiger partial charge in [-0.3, -0.25) is 4.79 Å². The fourth-order valence-electron chi connectivity index (χ4n) is 1.83. The third-order valence-corrected chi connectivity index (χ3v) is 2.97. The molecule has 0 aliphatic carbocycles. The molecule has 1 aromatic carbocycles. The van der Waals surface area contributed by atoms with E-state index in [1.165, 1.54) is 12.1 Å². The summed E-state index contributed by atoms with van der Waals surface area (Å²) in [5.41, 5.74) is 2.43. The van der Waals surface area contributed by atoms with Crippen molar-refractivity contribution < 1.29 is 13.7 Å². The number of hydrogen-bond donors (Lipinski definition) is 1. The van der Waals surface area contributed by atoms with Crippen LogP contribution < -0.4 is 5.32 Å². The van der Waals surface area contributed by atoms with Crippen molar-refractivity contribution in [3.8, 4) is 0 Å². The number of aromatic nitrogens is 1. The summed E-state index contributed by atoms with van der Waals surface area (Å²) >= 11 is 0. The molecule has 1 aromatic heterocycles. The summed E-state index contributed by atoms with van der Waals surface area (Å²) in [6.45, 7) is 5.65. The van der Waals surface area contributed by atoms with Crippen LogP contribution in [0, 0.1) is 26.6 Å². The van der Waals surface area contributed by atoms with Gasteiger partial charge in [0, 0.05) is 12.1 Å². The van der Waals surface area contributed by atoms with E-state index in [1.54, 1.807) is 19.9 Å². The van der Waals surface area contributed by atoms with Crippen LogP contribution in [0.15, 0.2) is 22.7 Å². The lowest BCUT2D eigenvalue weighted by molar-refractivity contribution is 0.0946. The second-order valence-electron chi connectivity index (χ2n) is 4.47. The van der Waals surface area contributed by atoms with Gasteiger partial charge in [-0.15, -0.1) is 0 Å². The minimum Gasteiger partial charge on any atom is -0.361 e. The first-order chi connectivity index (χ1) is 8.99. The number of amides is 1. The molecule has 4 nitrogen and oxygen atoms in total. The van der Waals surface area contributed by atoms with Crippen molar-refractivity contribution in [1.82, 2.24) is 10.5 Å². The second kappa shape index (κ2) is 5.22. The van der Waals surface area contributed by atoms with E-state index in [0.717, 1.165) is 16.8 Å². The standard InChI is InChI=1S/C14H15FN2O2/c1-8-4-5-13(15)11(6-8)14(18)16-7-12-9(2)17-19-10(12)3/h4-6H,7H2,1-3H3,(H,16,18). The van der Waals surface area contributed by atoms with E-state index < -0.39 is 11.7 Å². The number of nitrogens with zero attached hydrogens (tertiary/aromatic N) is 1. The van der Waals surface area contributed by atoms with Crippen molar-refractivity contribution in [2.75, 3.05) is 0 Å². The van der Waals surface area contributed by atoms with Crippen LogP contribution in [0.2, 0.25) is 0 Å². The van der Waals surface area contributed by atoms with E-state index in [-0.39, 0.29) is 12.1 Å². The molecule has 0 aliphatic rings. The minimum absolute atomic E-state index is 0.0479. The zero-order valence-corrected chi connectivity index (χ0v) is 11.1. The molecule has 0 atom stereocenters. The van der Waals surface area contributed by atoms with Gasteiger partial charge in [-0.1, -0.05) is 16.8 Å². The van der Waals surface area contributed by atoms with Crippen LogP contribution in [0.5, 0.6) is 0 Å². The van der Waals surface area contributed by atoms with Crippen LogP contribution in [-0.2, 0) is 6.54 Å². The number of rotatable bonds is 3. The van der Waals surface area contributed by atoms with Gasteiger partial charge in [0.2, 0.25) is 0 Å². The number of aryl methyl sites for hydroxylation is 3. The molecule has 100 valence electrons. The van der Waals surface area contributed by atoms with Gasteiger partial charge >= 0.3 is 0 Å². The third kappa shape index (κ3) is 2.81. The van der Waals surface area contributed by atoms with Crippen LogP contribution >= 0.6 is 0 Å². The summed E-state index contributed by atoms with van der Waals surface area (Å²) in [5.74, 6) is -0.314. The summed E-state index contributed by atoms with van der Waals surface area (Å²) in [5, 5.41) is 6.47. The van der Waals surface area contributed by atoms with Crippen molar-refractivity contribution in [2.45, 2.75) is 27.3 Å². The summed E-state index contributed by atoms with van der Waals surface area (Å²) in [7, 11) is 0. The van der Waals surface area contributed by atoms with Gasteiger partial charge in [-0.2, -0.15) is 0 Å². The summed E-state index contributed by atoms with van der Waals surface area (Å²) in [6, 6.07) is 4.44. The van der Waals surface area contributed by atoms with Crippen LogP contribution in [0.1, 0.15) is 32.9 Å². The largest absolute Gasteiger partial charge is 0.361 e. The Bertz CT molecular complexity index is 600. The highest BCUT2D eigenvalue weighted by Crippen LogP contribution is 2.13. The molecule has 0 radical (unpaired) electrons. The molecule has 1 heterocycles. The lowest BCUT2D eigenvalue weighted by Gasteiger charge is -2.06. The maximum atomic E-state index is 13.6. The van der Waals surface area contributed by atoms with Gasteiger partial charge in [0.15, 0.2) is 0 Å². The Morgan fingerprint density at radius 3 is 2.74 bits per heavy atom. The molecule has 2 rings (SSSR count). The summed E-state index contributed by atoms with van der Waals surface area (Å²) in [6.07, 6.45) is 0. The third-order valence-electron chi connectivity index (χ3n) is 2.97. The molecule has 0 aliphatic heterocycles. The van der Waals surface area contributed by atoms with Gasteiger partial charge in [-0.25, -0.2) is 4.39 Å². The normalized spacial score (nSPS) is 10.5. The number of benzene rings is 1. The first-order valence-corrected chi connectivity index (χ1v) is 5.95. The van der Waals surface area contributed by atoms with Crippen LogP contribution in [0.25, 0.3) is 0 Å². The fourth-order valence-corrected chi connectivity index (χ4v) is 1.83. The molecule has 2 aromatic rings. The molecule has 19 heavy (non-hydrogen) atoms. The number of carbonyl (C=O) groups excluding carboxylic acids is 1. The molecule has 1 N–H and O–H groups in total. The van der Waals surface area contributed by atoms with E-state index in [0.29, 0.717) is 5.76 Å². The van der Waals surface area contributed by atoms with Gasteiger partial charge in [0.1, 0.15) is 11.6 Å². The topological polar surface area (TPSA) is 55.1 Å². The zero-order valence-electron chi connectivity index (χ0n) is 11.1. The Hall–Kier alpha value is -2.17. The van der Waals surface area contributed by atoms with Crippen molar-refractivity contribution in [1.29, 1.82) is 0 Å². The molecule has 0 spiro atoms. The van der Waals surface area contributed by atoms with Gasteiger partial charge in [-0.05, 0) is 32.9 Å². The van der Waals surface area contributed by atoms with Crippen molar-refractivity contribution >= 4 is 5.91 Å². The molecular weight excluding hydrogens is 247 g/mol. The highest BCUT2D eigenvalue weighted by molar-refractivity contribution is 5.94. The maximum Gasteiger partial charge on any atom is 0.254 e. The van der Waals surface area contributed by atoms with E-state index >= 15 is 0 Å². The highest BCUT2D eigenvalue weighted by Gasteiger charge is 2.14. The summed E-state index contributed by atoms with van der Waals surface area (Å²) < 4.78 is 18.6. The lowest BCUT2D eigenvalue weighted by atomic mass is 10.1. The number of nitrogens with one attached hydrogen (secondary N) is 1. The molecule has 1 amide bonds. The Morgan fingerprint density at radius 1 is 1.37 bits per heavy atom. The van der Waals surface area contributed by atoms with E-state index in [4.69, 9.17) is 4.52 Å². The van der Waals surface area contributed by atoms with Gasteiger partial charge < -0.3 is 9.84 Å². The number of halogens is 1. The lowest BCUT2D eigenvalue weighted by Crippen LogP contribution is -2.24. The van der Waals surface area contributed by atoms with Crippen LogP contribution in [0.4, 0.5) is 4.39 Å². The Balaban J connectivity index is 2.12. The predicted octanol–water partition coefficient (Wildman–Crippen LogP) is 2.67. The first kappa shape index (κ1) is 13.3. The van der Waals surface area contributed by atoms with Crippen LogP contribution in [-0.4, -0.2) is 11.1 Å². The second-order valence-corrected chi connectivity index (χ2v) is 4.47. The molecule has 0 bridgehead atoms. The summed E-state index contributed by atoms with van der Waals surface area (Å²) in [4.78, 5) is 11.9. The molecule has 0 saturated heterocycles. The zero-order chi connectivity index (χ0) is 14.0. The van der Waals surface area contributed by atoms with Crippen molar-refractivity contribution in [3.63, 3.8) is 0 Å². The molecule has 0 unspecified atom stereocenters. The SMILES string of the molecule is Cc1ccc(F)c(C(=O)NCc2c(C)noc2C)c1. The monoisotopic (exact) mass is 262 g/mol. The van der Waals surface area contributed by atoms with Crippen LogP contribution in [0.3, 0.4) is 0 Å². The maximum absolute atomic E-state index is 13.6. The Morgan fingerprint density at radius 2 is 2.11 bits per heavy atom. The molecule has 0 saturated carbocycles. The average molecular weight is 262 g/mol.